The molecule has 2 aliphatic heterocycles. The summed E-state index contributed by atoms with van der Waals surface area (Å²) in [5.41, 5.74) is 1.05. The average Bonchev–Trinajstić information content (AvgIpc) is 2.77. The van der Waals surface area contributed by atoms with E-state index in [4.69, 9.17) is 4.74 Å². The second-order valence-electron chi connectivity index (χ2n) is 5.57. The van der Waals surface area contributed by atoms with Crippen molar-refractivity contribution >= 4 is 33.0 Å². The molecule has 3 rings (SSSR count). The van der Waals surface area contributed by atoms with Crippen LogP contribution >= 0.6 is 0 Å². The smallest absolute Gasteiger partial charge is 0.262 e. The molecule has 1 aromatic carbocycles. The molecule has 1 fully saturated rings. The van der Waals surface area contributed by atoms with E-state index in [2.05, 4.69) is 10.6 Å². The Balaban J connectivity index is 1.62. The summed E-state index contributed by atoms with van der Waals surface area (Å²) in [6.07, 6.45) is 0.711. The molecule has 0 aromatic heterocycles. The monoisotopic (exact) mass is 324 g/mol. The van der Waals surface area contributed by atoms with Gasteiger partial charge in [0.2, 0.25) is 5.91 Å². The van der Waals surface area contributed by atoms with E-state index in [1.54, 1.807) is 18.2 Å². The number of carbonyl (C=O) groups excluding carboxylic acids is 2. The molecule has 0 spiro atoms. The first-order valence-electron chi connectivity index (χ1n) is 6.98. The maximum atomic E-state index is 12.0. The number of hydrogen-bond donors (Lipinski definition) is 2. The number of benzene rings is 1. The van der Waals surface area contributed by atoms with Crippen LogP contribution in [0.2, 0.25) is 0 Å². The molecule has 2 amide bonds. The summed E-state index contributed by atoms with van der Waals surface area (Å²) in [5, 5.41) is 5.38. The quantitative estimate of drug-likeness (QED) is 0.855. The van der Waals surface area contributed by atoms with E-state index >= 15 is 0 Å². The molecule has 0 unspecified atom stereocenters. The number of amides is 2. The molecule has 8 heteroatoms. The average molecular weight is 324 g/mol. The standard InChI is InChI=1S/C14H16N2O5S/c17-13(5-9-3-4-22(19,20)8-9)15-10-1-2-12-11(6-10)16-14(18)7-21-12/h1-2,6,9H,3-5,7-8H2,(H,15,17)(H,16,18)/t9-/m0/s1. The predicted octanol–water partition coefficient (Wildman–Crippen LogP) is 0.781. The minimum Gasteiger partial charge on any atom is -0.482 e. The maximum Gasteiger partial charge on any atom is 0.262 e. The van der Waals surface area contributed by atoms with Gasteiger partial charge in [0.05, 0.1) is 17.2 Å². The second-order valence-corrected chi connectivity index (χ2v) is 7.80. The summed E-state index contributed by atoms with van der Waals surface area (Å²) in [7, 11) is -2.98. The number of anilines is 2. The summed E-state index contributed by atoms with van der Waals surface area (Å²) in [5.74, 6) is 0.198. The van der Waals surface area contributed by atoms with Gasteiger partial charge in [0, 0.05) is 12.1 Å². The van der Waals surface area contributed by atoms with Crippen molar-refractivity contribution < 1.29 is 22.7 Å². The van der Waals surface area contributed by atoms with Gasteiger partial charge in [0.25, 0.3) is 5.91 Å². The van der Waals surface area contributed by atoms with Crippen molar-refractivity contribution in [2.75, 3.05) is 28.7 Å². The second kappa shape index (κ2) is 5.60. The van der Waals surface area contributed by atoms with Crippen LogP contribution in [0.4, 0.5) is 11.4 Å². The van der Waals surface area contributed by atoms with Gasteiger partial charge in [0.15, 0.2) is 16.4 Å². The lowest BCUT2D eigenvalue weighted by atomic mass is 10.0. The van der Waals surface area contributed by atoms with Crippen molar-refractivity contribution in [3.63, 3.8) is 0 Å². The van der Waals surface area contributed by atoms with E-state index in [-0.39, 0.29) is 42.3 Å². The molecule has 2 aliphatic rings. The number of sulfone groups is 1. The molecule has 0 radical (unpaired) electrons. The maximum absolute atomic E-state index is 12.0. The summed E-state index contributed by atoms with van der Waals surface area (Å²) >= 11 is 0. The zero-order chi connectivity index (χ0) is 15.7. The Bertz CT molecular complexity index is 729. The Kier molecular flexibility index (Phi) is 3.78. The van der Waals surface area contributed by atoms with Gasteiger partial charge in [-0.2, -0.15) is 0 Å². The topological polar surface area (TPSA) is 102 Å². The van der Waals surface area contributed by atoms with Crippen LogP contribution in [0, 0.1) is 5.92 Å². The minimum absolute atomic E-state index is 0.0190. The van der Waals surface area contributed by atoms with Gasteiger partial charge in [0.1, 0.15) is 5.75 Å². The molecular formula is C14H16N2O5S. The van der Waals surface area contributed by atoms with E-state index in [0.29, 0.717) is 23.5 Å². The van der Waals surface area contributed by atoms with Crippen LogP contribution < -0.4 is 15.4 Å². The van der Waals surface area contributed by atoms with Gasteiger partial charge in [-0.3, -0.25) is 9.59 Å². The van der Waals surface area contributed by atoms with Crippen LogP contribution in [-0.2, 0) is 19.4 Å². The van der Waals surface area contributed by atoms with Crippen LogP contribution in [0.1, 0.15) is 12.8 Å². The number of nitrogens with one attached hydrogen (secondary N) is 2. The number of fused-ring (bicyclic) bond motifs is 1. The molecule has 7 nitrogen and oxygen atoms in total. The molecule has 2 N–H and O–H groups in total. The summed E-state index contributed by atoms with van der Waals surface area (Å²) in [4.78, 5) is 23.3. The van der Waals surface area contributed by atoms with E-state index in [1.165, 1.54) is 0 Å². The fourth-order valence-corrected chi connectivity index (χ4v) is 4.53. The fourth-order valence-electron chi connectivity index (χ4n) is 2.67. The molecule has 1 saturated heterocycles. The van der Waals surface area contributed by atoms with Crippen molar-refractivity contribution in [2.45, 2.75) is 12.8 Å². The van der Waals surface area contributed by atoms with Gasteiger partial charge < -0.3 is 15.4 Å². The Hall–Kier alpha value is -2.09. The van der Waals surface area contributed by atoms with Crippen LogP contribution in [0.15, 0.2) is 18.2 Å². The molecule has 0 bridgehead atoms. The first kappa shape index (κ1) is 14.8. The van der Waals surface area contributed by atoms with Crippen molar-refractivity contribution in [1.82, 2.24) is 0 Å². The molecule has 0 aliphatic carbocycles. The molecule has 118 valence electrons. The predicted molar refractivity (Wildman–Crippen MR) is 80.6 cm³/mol. The third-order valence-corrected chi connectivity index (χ3v) is 5.53. The highest BCUT2D eigenvalue weighted by Crippen LogP contribution is 2.30. The Morgan fingerprint density at radius 2 is 2.23 bits per heavy atom. The number of ether oxygens (including phenoxy) is 1. The molecular weight excluding hydrogens is 308 g/mol. The third-order valence-electron chi connectivity index (χ3n) is 3.70. The molecule has 2 heterocycles. The van der Waals surface area contributed by atoms with Crippen molar-refractivity contribution in [3.8, 4) is 5.75 Å². The number of hydrogen-bond acceptors (Lipinski definition) is 5. The summed E-state index contributed by atoms with van der Waals surface area (Å²) in [6, 6.07) is 4.97. The Morgan fingerprint density at radius 3 is 2.95 bits per heavy atom. The SMILES string of the molecule is O=C(C[C@@H]1CCS(=O)(=O)C1)Nc1ccc2c(c1)NC(=O)CO2. The van der Waals surface area contributed by atoms with Gasteiger partial charge >= 0.3 is 0 Å². The molecule has 22 heavy (non-hydrogen) atoms. The molecule has 1 aromatic rings. The largest absolute Gasteiger partial charge is 0.482 e. The number of rotatable bonds is 3. The zero-order valence-electron chi connectivity index (χ0n) is 11.8. The molecule has 1 atom stereocenters. The van der Waals surface area contributed by atoms with Gasteiger partial charge in [-0.1, -0.05) is 0 Å². The highest BCUT2D eigenvalue weighted by molar-refractivity contribution is 7.91. The lowest BCUT2D eigenvalue weighted by Crippen LogP contribution is -2.25. The minimum atomic E-state index is -2.98. The summed E-state index contributed by atoms with van der Waals surface area (Å²) < 4.78 is 28.0. The van der Waals surface area contributed by atoms with Crippen molar-refractivity contribution in [3.05, 3.63) is 18.2 Å². The first-order chi connectivity index (χ1) is 10.4. The lowest BCUT2D eigenvalue weighted by molar-refractivity contribution is -0.118. The normalized spacial score (nSPS) is 22.4. The zero-order valence-corrected chi connectivity index (χ0v) is 12.6. The first-order valence-corrected chi connectivity index (χ1v) is 8.80. The van der Waals surface area contributed by atoms with Crippen LogP contribution in [0.3, 0.4) is 0 Å². The third kappa shape index (κ3) is 3.38. The number of carbonyl (C=O) groups is 2. The highest BCUT2D eigenvalue weighted by Gasteiger charge is 2.29. The van der Waals surface area contributed by atoms with Crippen LogP contribution in [0.5, 0.6) is 5.75 Å². The van der Waals surface area contributed by atoms with Gasteiger partial charge in [-0.15, -0.1) is 0 Å². The van der Waals surface area contributed by atoms with Crippen molar-refractivity contribution in [1.29, 1.82) is 0 Å². The highest BCUT2D eigenvalue weighted by atomic mass is 32.2. The van der Waals surface area contributed by atoms with E-state index in [1.807, 2.05) is 0 Å². The fraction of sp³-hybridized carbons (Fsp3) is 0.429. The van der Waals surface area contributed by atoms with E-state index < -0.39 is 9.84 Å². The van der Waals surface area contributed by atoms with Crippen molar-refractivity contribution in [2.24, 2.45) is 5.92 Å². The van der Waals surface area contributed by atoms with Gasteiger partial charge in [-0.25, -0.2) is 8.42 Å². The summed E-state index contributed by atoms with van der Waals surface area (Å²) in [6.45, 7) is -0.0190. The van der Waals surface area contributed by atoms with Crippen LogP contribution in [-0.4, -0.2) is 38.3 Å². The van der Waals surface area contributed by atoms with E-state index in [0.717, 1.165) is 0 Å². The Morgan fingerprint density at radius 1 is 1.41 bits per heavy atom. The molecule has 0 saturated carbocycles. The lowest BCUT2D eigenvalue weighted by Gasteiger charge is -2.18. The van der Waals surface area contributed by atoms with E-state index in [9.17, 15) is 18.0 Å². The van der Waals surface area contributed by atoms with Crippen LogP contribution in [0.25, 0.3) is 0 Å². The Labute approximate surface area is 128 Å². The van der Waals surface area contributed by atoms with Gasteiger partial charge in [-0.05, 0) is 30.5 Å².